The number of amides is 3. The Morgan fingerprint density at radius 1 is 0.879 bits per heavy atom. The normalized spacial score (nSPS) is 14.3. The number of carboxylic acids is 2. The largest absolute Gasteiger partial charge is 0.481 e. The monoisotopic (exact) mass is 473 g/mol. The van der Waals surface area contributed by atoms with E-state index in [-0.39, 0.29) is 31.3 Å². The summed E-state index contributed by atoms with van der Waals surface area (Å²) in [6.07, 6.45) is 0.0771. The lowest BCUT2D eigenvalue weighted by Crippen LogP contribution is -2.57. The van der Waals surface area contributed by atoms with Gasteiger partial charge in [0.25, 0.3) is 0 Å². The van der Waals surface area contributed by atoms with Crippen molar-refractivity contribution in [2.45, 2.75) is 70.6 Å². The highest BCUT2D eigenvalue weighted by Gasteiger charge is 2.31. The summed E-state index contributed by atoms with van der Waals surface area (Å²) in [6.45, 7) is 5.07. The van der Waals surface area contributed by atoms with Crippen molar-refractivity contribution in [3.63, 3.8) is 0 Å². The molecule has 0 aliphatic carbocycles. The van der Waals surface area contributed by atoms with Crippen LogP contribution < -0.4 is 33.2 Å². The van der Waals surface area contributed by atoms with Gasteiger partial charge in [0.2, 0.25) is 17.7 Å². The second kappa shape index (κ2) is 14.6. The molecule has 0 spiro atoms. The molecule has 0 aromatic carbocycles. The molecule has 0 saturated carbocycles. The highest BCUT2D eigenvalue weighted by Crippen LogP contribution is 2.07. The van der Waals surface area contributed by atoms with E-state index in [0.717, 1.165) is 0 Å². The minimum atomic E-state index is -1.54. The van der Waals surface area contributed by atoms with E-state index in [1.807, 2.05) is 0 Å². The third kappa shape index (κ3) is 12.9. The van der Waals surface area contributed by atoms with Crippen molar-refractivity contribution < 1.29 is 34.2 Å². The molecule has 0 aliphatic heterocycles. The molecule has 0 aromatic rings. The number of carbonyl (C=O) groups is 5. The Balaban J connectivity index is 5.26. The van der Waals surface area contributed by atoms with E-state index in [9.17, 15) is 24.0 Å². The Morgan fingerprint density at radius 3 is 1.91 bits per heavy atom. The lowest BCUT2D eigenvalue weighted by atomic mass is 10.0. The number of aliphatic imine (C=N–C) groups is 1. The van der Waals surface area contributed by atoms with Crippen LogP contribution in [0.15, 0.2) is 4.99 Å². The Bertz CT molecular complexity index is 738. The first kappa shape index (κ1) is 29.6. The molecule has 3 amide bonds. The molecule has 4 atom stereocenters. The van der Waals surface area contributed by atoms with Gasteiger partial charge in [0.15, 0.2) is 5.96 Å². The number of nitrogens with one attached hydrogen (secondary N) is 3. The van der Waals surface area contributed by atoms with Crippen LogP contribution in [0.25, 0.3) is 0 Å². The molecule has 0 rings (SSSR count). The van der Waals surface area contributed by atoms with Gasteiger partial charge in [-0.25, -0.2) is 0 Å². The van der Waals surface area contributed by atoms with Crippen molar-refractivity contribution >= 4 is 35.6 Å². The maximum Gasteiger partial charge on any atom is 0.325 e. The molecule has 0 radical (unpaired) electrons. The summed E-state index contributed by atoms with van der Waals surface area (Å²) in [5.74, 6) is -5.23. The van der Waals surface area contributed by atoms with Crippen LogP contribution in [0, 0.1) is 5.92 Å². The predicted molar refractivity (Wildman–Crippen MR) is 119 cm³/mol. The maximum absolute atomic E-state index is 12.8. The third-order valence-corrected chi connectivity index (χ3v) is 4.39. The van der Waals surface area contributed by atoms with Crippen LogP contribution in [0.5, 0.6) is 0 Å². The lowest BCUT2D eigenvalue weighted by Gasteiger charge is -2.25. The topological polar surface area (TPSA) is 252 Å². The molecule has 0 heterocycles. The van der Waals surface area contributed by atoms with Crippen LogP contribution in [0.2, 0.25) is 0 Å². The van der Waals surface area contributed by atoms with E-state index >= 15 is 0 Å². The summed E-state index contributed by atoms with van der Waals surface area (Å²) in [5.41, 5.74) is 16.3. The number of nitrogens with two attached hydrogens (primary N) is 3. The Labute approximate surface area is 191 Å². The molecular formula is C19H35N7O7. The Morgan fingerprint density at radius 2 is 1.42 bits per heavy atom. The van der Waals surface area contributed by atoms with Gasteiger partial charge in [0, 0.05) is 6.54 Å². The first-order valence-electron chi connectivity index (χ1n) is 10.4. The summed E-state index contributed by atoms with van der Waals surface area (Å²) in [4.78, 5) is 63.4. The number of carboxylic acid groups (broad SMARTS) is 2. The predicted octanol–water partition coefficient (Wildman–Crippen LogP) is -2.55. The molecule has 14 heteroatoms. The molecule has 11 N–H and O–H groups in total. The molecule has 4 unspecified atom stereocenters. The second-order valence-electron chi connectivity index (χ2n) is 7.97. The minimum absolute atomic E-state index is 0.0436. The number of hydrogen-bond acceptors (Lipinski definition) is 7. The zero-order chi connectivity index (χ0) is 25.7. The van der Waals surface area contributed by atoms with Crippen LogP contribution in [0.3, 0.4) is 0 Å². The maximum atomic E-state index is 12.8. The van der Waals surface area contributed by atoms with Crippen LogP contribution in [0.4, 0.5) is 0 Å². The average Bonchev–Trinajstić information content (AvgIpc) is 2.68. The molecule has 14 nitrogen and oxygen atoms in total. The van der Waals surface area contributed by atoms with E-state index in [1.54, 1.807) is 13.8 Å². The van der Waals surface area contributed by atoms with Crippen molar-refractivity contribution in [1.29, 1.82) is 0 Å². The van der Waals surface area contributed by atoms with Crippen molar-refractivity contribution in [3.05, 3.63) is 0 Å². The highest BCUT2D eigenvalue weighted by atomic mass is 16.4. The van der Waals surface area contributed by atoms with Crippen LogP contribution in [0.1, 0.15) is 46.5 Å². The minimum Gasteiger partial charge on any atom is -0.481 e. The number of aliphatic carboxylic acids is 2. The molecule has 0 bridgehead atoms. The highest BCUT2D eigenvalue weighted by molar-refractivity contribution is 5.95. The summed E-state index contributed by atoms with van der Waals surface area (Å²) >= 11 is 0. The number of guanidine groups is 1. The third-order valence-electron chi connectivity index (χ3n) is 4.39. The molecule has 188 valence electrons. The molecular weight excluding hydrogens is 438 g/mol. The first-order chi connectivity index (χ1) is 15.2. The molecule has 0 aromatic heterocycles. The number of carbonyl (C=O) groups excluding carboxylic acids is 3. The fourth-order valence-electron chi connectivity index (χ4n) is 2.66. The molecule has 33 heavy (non-hydrogen) atoms. The zero-order valence-corrected chi connectivity index (χ0v) is 19.0. The van der Waals surface area contributed by atoms with Crippen molar-refractivity contribution in [2.75, 3.05) is 6.54 Å². The van der Waals surface area contributed by atoms with E-state index in [2.05, 4.69) is 20.9 Å². The second-order valence-corrected chi connectivity index (χ2v) is 7.97. The number of nitrogens with zero attached hydrogens (tertiary/aromatic N) is 1. The van der Waals surface area contributed by atoms with Gasteiger partial charge in [0.1, 0.15) is 18.1 Å². The fraction of sp³-hybridized carbons (Fsp3) is 0.684. The first-order valence-corrected chi connectivity index (χ1v) is 10.4. The quantitative estimate of drug-likeness (QED) is 0.0701. The summed E-state index contributed by atoms with van der Waals surface area (Å²) < 4.78 is 0. The van der Waals surface area contributed by atoms with Gasteiger partial charge in [-0.05, 0) is 32.1 Å². The molecule has 0 fully saturated rings. The smallest absolute Gasteiger partial charge is 0.325 e. The average molecular weight is 474 g/mol. The van der Waals surface area contributed by atoms with Crippen molar-refractivity contribution in [2.24, 2.45) is 28.1 Å². The molecule has 0 aliphatic rings. The van der Waals surface area contributed by atoms with E-state index in [4.69, 9.17) is 27.4 Å². The van der Waals surface area contributed by atoms with Gasteiger partial charge in [-0.1, -0.05) is 13.8 Å². The summed E-state index contributed by atoms with van der Waals surface area (Å²) in [7, 11) is 0. The Hall–Kier alpha value is -3.42. The number of hydrogen-bond donors (Lipinski definition) is 8. The SMILES string of the molecule is CC(C)CC(NC(=O)C(N)CCCN=C(N)N)C(=O)NC(CC(=O)O)C(=O)NC(C)C(=O)O. The van der Waals surface area contributed by atoms with E-state index in [1.165, 1.54) is 6.92 Å². The van der Waals surface area contributed by atoms with Gasteiger partial charge in [-0.3, -0.25) is 29.0 Å². The van der Waals surface area contributed by atoms with Crippen LogP contribution >= 0.6 is 0 Å². The summed E-state index contributed by atoms with van der Waals surface area (Å²) in [6, 6.07) is -4.89. The van der Waals surface area contributed by atoms with Gasteiger partial charge < -0.3 is 43.4 Å². The zero-order valence-electron chi connectivity index (χ0n) is 19.0. The van der Waals surface area contributed by atoms with E-state index in [0.29, 0.717) is 6.42 Å². The lowest BCUT2D eigenvalue weighted by molar-refractivity contribution is -0.143. The van der Waals surface area contributed by atoms with Gasteiger partial charge in [-0.2, -0.15) is 0 Å². The number of rotatable bonds is 15. The van der Waals surface area contributed by atoms with Crippen LogP contribution in [-0.4, -0.2) is 76.5 Å². The summed E-state index contributed by atoms with van der Waals surface area (Å²) in [5, 5.41) is 24.9. The Kier molecular flexibility index (Phi) is 13.1. The van der Waals surface area contributed by atoms with Gasteiger partial charge in [0.05, 0.1) is 12.5 Å². The van der Waals surface area contributed by atoms with Gasteiger partial charge >= 0.3 is 11.9 Å². The molecule has 0 saturated heterocycles. The van der Waals surface area contributed by atoms with Gasteiger partial charge in [-0.15, -0.1) is 0 Å². The van der Waals surface area contributed by atoms with Crippen LogP contribution in [-0.2, 0) is 24.0 Å². The van der Waals surface area contributed by atoms with E-state index < -0.39 is 60.2 Å². The fourth-order valence-corrected chi connectivity index (χ4v) is 2.66. The van der Waals surface area contributed by atoms with Crippen molar-refractivity contribution in [1.82, 2.24) is 16.0 Å². The van der Waals surface area contributed by atoms with Crippen molar-refractivity contribution in [3.8, 4) is 0 Å². The standard InChI is InChI=1S/C19H35N7O7/c1-9(2)7-12(25-15(29)11(20)5-4-6-23-19(21)22)17(31)26-13(8-14(27)28)16(30)24-10(3)18(32)33/h9-13H,4-8,20H2,1-3H3,(H,24,30)(H,25,29)(H,26,31)(H,27,28)(H,32,33)(H4,21,22,23).